The molecule has 0 saturated heterocycles. The maximum Gasteiger partial charge on any atom is 0.274 e. The Bertz CT molecular complexity index is 423. The number of halogens is 1. The highest BCUT2D eigenvalue weighted by Crippen LogP contribution is 2.32. The summed E-state index contributed by atoms with van der Waals surface area (Å²) in [6.07, 6.45) is 0.947. The number of nitro benzene ring substituents is 1. The third-order valence-corrected chi connectivity index (χ3v) is 3.68. The Balaban J connectivity index is 3.11. The average Bonchev–Trinajstić information content (AvgIpc) is 2.35. The molecule has 0 spiro atoms. The molecule has 5 heteroatoms. The van der Waals surface area contributed by atoms with Gasteiger partial charge in [0.05, 0.1) is 4.92 Å². The van der Waals surface area contributed by atoms with E-state index in [0.717, 1.165) is 23.0 Å². The molecule has 1 rings (SSSR count). The lowest BCUT2D eigenvalue weighted by Crippen LogP contribution is -2.33. The molecule has 100 valence electrons. The van der Waals surface area contributed by atoms with Gasteiger partial charge in [-0.2, -0.15) is 0 Å². The van der Waals surface area contributed by atoms with E-state index in [-0.39, 0.29) is 22.6 Å². The molecule has 2 atom stereocenters. The monoisotopic (exact) mass is 314 g/mol. The molecule has 0 aromatic heterocycles. The standard InChI is InChI=1S/C13H19BrN2O2/c1-4-12(15-5-2)9(3)11-7-6-10(14)8-13(11)16(17)18/h6-9,12,15H,4-5H2,1-3H3. The highest BCUT2D eigenvalue weighted by Gasteiger charge is 2.24. The zero-order chi connectivity index (χ0) is 13.7. The first kappa shape index (κ1) is 15.1. The Morgan fingerprint density at radius 2 is 2.11 bits per heavy atom. The van der Waals surface area contributed by atoms with Crippen LogP contribution in [0.1, 0.15) is 38.7 Å². The van der Waals surface area contributed by atoms with Crippen molar-refractivity contribution in [1.82, 2.24) is 5.32 Å². The maximum atomic E-state index is 11.1. The summed E-state index contributed by atoms with van der Waals surface area (Å²) in [5.41, 5.74) is 0.976. The molecule has 0 saturated carbocycles. The van der Waals surface area contributed by atoms with Gasteiger partial charge in [0.1, 0.15) is 0 Å². The second kappa shape index (κ2) is 6.85. The summed E-state index contributed by atoms with van der Waals surface area (Å²) in [4.78, 5) is 10.8. The fourth-order valence-corrected chi connectivity index (χ4v) is 2.56. The number of hydrogen-bond donors (Lipinski definition) is 1. The zero-order valence-corrected chi connectivity index (χ0v) is 12.5. The molecular formula is C13H19BrN2O2. The first-order valence-electron chi connectivity index (χ1n) is 6.18. The minimum Gasteiger partial charge on any atom is -0.314 e. The van der Waals surface area contributed by atoms with E-state index in [9.17, 15) is 10.1 Å². The molecule has 0 radical (unpaired) electrons. The lowest BCUT2D eigenvalue weighted by Gasteiger charge is -2.23. The normalized spacial score (nSPS) is 14.2. The summed E-state index contributed by atoms with van der Waals surface area (Å²) in [7, 11) is 0. The number of benzene rings is 1. The fourth-order valence-electron chi connectivity index (χ4n) is 2.21. The lowest BCUT2D eigenvalue weighted by atomic mass is 9.90. The van der Waals surface area contributed by atoms with Crippen LogP contribution in [0.4, 0.5) is 5.69 Å². The van der Waals surface area contributed by atoms with Gasteiger partial charge < -0.3 is 5.32 Å². The zero-order valence-electron chi connectivity index (χ0n) is 10.9. The van der Waals surface area contributed by atoms with Crippen molar-refractivity contribution in [1.29, 1.82) is 0 Å². The smallest absolute Gasteiger partial charge is 0.274 e. The highest BCUT2D eigenvalue weighted by molar-refractivity contribution is 9.10. The van der Waals surface area contributed by atoms with Crippen LogP contribution < -0.4 is 5.32 Å². The summed E-state index contributed by atoms with van der Waals surface area (Å²) < 4.78 is 0.738. The van der Waals surface area contributed by atoms with E-state index in [2.05, 4.69) is 28.2 Å². The van der Waals surface area contributed by atoms with E-state index in [1.165, 1.54) is 0 Å². The molecule has 1 aromatic rings. The van der Waals surface area contributed by atoms with Crippen molar-refractivity contribution >= 4 is 21.6 Å². The van der Waals surface area contributed by atoms with Crippen molar-refractivity contribution in [2.45, 2.75) is 39.2 Å². The Labute approximate surface area is 116 Å². The summed E-state index contributed by atoms with van der Waals surface area (Å²) in [5.74, 6) is 0.114. The molecule has 0 heterocycles. The van der Waals surface area contributed by atoms with Crippen molar-refractivity contribution < 1.29 is 4.92 Å². The van der Waals surface area contributed by atoms with Crippen LogP contribution in [-0.2, 0) is 0 Å². The SMILES string of the molecule is CCNC(CC)C(C)c1ccc(Br)cc1[N+](=O)[O-]. The van der Waals surface area contributed by atoms with Crippen LogP contribution in [0.2, 0.25) is 0 Å². The van der Waals surface area contributed by atoms with Crippen molar-refractivity contribution in [3.63, 3.8) is 0 Å². The first-order valence-corrected chi connectivity index (χ1v) is 6.97. The van der Waals surface area contributed by atoms with Crippen molar-refractivity contribution in [2.75, 3.05) is 6.54 Å². The van der Waals surface area contributed by atoms with E-state index in [1.54, 1.807) is 6.07 Å². The van der Waals surface area contributed by atoms with Gasteiger partial charge in [-0.1, -0.05) is 42.8 Å². The Kier molecular flexibility index (Phi) is 5.75. The van der Waals surface area contributed by atoms with Gasteiger partial charge in [-0.05, 0) is 19.0 Å². The molecule has 1 aromatic carbocycles. The molecule has 0 amide bonds. The van der Waals surface area contributed by atoms with Gasteiger partial charge in [0, 0.05) is 28.1 Å². The molecule has 0 aliphatic heterocycles. The Hall–Kier alpha value is -0.940. The van der Waals surface area contributed by atoms with Crippen LogP contribution in [0.15, 0.2) is 22.7 Å². The average molecular weight is 315 g/mol. The van der Waals surface area contributed by atoms with Gasteiger partial charge in [0.2, 0.25) is 0 Å². The molecule has 0 fully saturated rings. The lowest BCUT2D eigenvalue weighted by molar-refractivity contribution is -0.385. The molecule has 1 N–H and O–H groups in total. The van der Waals surface area contributed by atoms with Crippen LogP contribution >= 0.6 is 15.9 Å². The van der Waals surface area contributed by atoms with Gasteiger partial charge in [0.15, 0.2) is 0 Å². The summed E-state index contributed by atoms with van der Waals surface area (Å²) >= 11 is 3.28. The van der Waals surface area contributed by atoms with Crippen molar-refractivity contribution in [3.8, 4) is 0 Å². The molecule has 4 nitrogen and oxygen atoms in total. The highest BCUT2D eigenvalue weighted by atomic mass is 79.9. The minimum absolute atomic E-state index is 0.114. The molecular weight excluding hydrogens is 296 g/mol. The first-order chi connectivity index (χ1) is 8.51. The van der Waals surface area contributed by atoms with Crippen molar-refractivity contribution in [2.24, 2.45) is 0 Å². The van der Waals surface area contributed by atoms with Gasteiger partial charge >= 0.3 is 0 Å². The van der Waals surface area contributed by atoms with Gasteiger partial charge in [-0.3, -0.25) is 10.1 Å². The summed E-state index contributed by atoms with van der Waals surface area (Å²) in [6, 6.07) is 5.53. The van der Waals surface area contributed by atoms with Crippen LogP contribution in [0.3, 0.4) is 0 Å². The van der Waals surface area contributed by atoms with E-state index in [1.807, 2.05) is 26.0 Å². The Morgan fingerprint density at radius 1 is 1.44 bits per heavy atom. The second-order valence-electron chi connectivity index (χ2n) is 4.32. The number of rotatable bonds is 6. The molecule has 0 aliphatic rings. The number of hydrogen-bond acceptors (Lipinski definition) is 3. The summed E-state index contributed by atoms with van der Waals surface area (Å²) in [5, 5.41) is 14.5. The third-order valence-electron chi connectivity index (χ3n) is 3.19. The van der Waals surface area contributed by atoms with E-state index < -0.39 is 0 Å². The molecule has 18 heavy (non-hydrogen) atoms. The summed E-state index contributed by atoms with van der Waals surface area (Å²) in [6.45, 7) is 7.04. The van der Waals surface area contributed by atoms with Crippen LogP contribution in [-0.4, -0.2) is 17.5 Å². The third kappa shape index (κ3) is 3.53. The Morgan fingerprint density at radius 3 is 2.61 bits per heavy atom. The predicted molar refractivity (Wildman–Crippen MR) is 77.0 cm³/mol. The largest absolute Gasteiger partial charge is 0.314 e. The maximum absolute atomic E-state index is 11.1. The molecule has 0 aliphatic carbocycles. The number of nitrogens with one attached hydrogen (secondary N) is 1. The number of nitrogens with zero attached hydrogens (tertiary/aromatic N) is 1. The van der Waals surface area contributed by atoms with Crippen LogP contribution in [0, 0.1) is 10.1 Å². The van der Waals surface area contributed by atoms with E-state index in [4.69, 9.17) is 0 Å². The predicted octanol–water partition coefficient (Wildman–Crippen LogP) is 3.85. The van der Waals surface area contributed by atoms with Gasteiger partial charge in [-0.15, -0.1) is 0 Å². The van der Waals surface area contributed by atoms with E-state index >= 15 is 0 Å². The quantitative estimate of drug-likeness (QED) is 0.641. The van der Waals surface area contributed by atoms with Gasteiger partial charge in [-0.25, -0.2) is 0 Å². The fraction of sp³-hybridized carbons (Fsp3) is 0.538. The van der Waals surface area contributed by atoms with Crippen LogP contribution in [0.5, 0.6) is 0 Å². The van der Waals surface area contributed by atoms with Gasteiger partial charge in [0.25, 0.3) is 5.69 Å². The molecule has 2 unspecified atom stereocenters. The second-order valence-corrected chi connectivity index (χ2v) is 5.24. The van der Waals surface area contributed by atoms with Crippen molar-refractivity contribution in [3.05, 3.63) is 38.3 Å². The number of likely N-dealkylation sites (N-methyl/N-ethyl adjacent to an activating group) is 1. The van der Waals surface area contributed by atoms with E-state index in [0.29, 0.717) is 0 Å². The number of nitro groups is 1. The molecule has 0 bridgehead atoms. The topological polar surface area (TPSA) is 55.2 Å². The van der Waals surface area contributed by atoms with Crippen LogP contribution in [0.25, 0.3) is 0 Å². The minimum atomic E-state index is -0.310.